The summed E-state index contributed by atoms with van der Waals surface area (Å²) in [6, 6.07) is 0. The zero-order valence-electron chi connectivity index (χ0n) is 3.98. The van der Waals surface area contributed by atoms with Gasteiger partial charge in [-0.1, -0.05) is 18.0 Å². The molecule has 0 aromatic heterocycles. The average molecular weight is 116 g/mol. The van der Waals surface area contributed by atoms with E-state index in [0.29, 0.717) is 0 Å². The molecular weight excluding hydrogens is 108 g/mol. The summed E-state index contributed by atoms with van der Waals surface area (Å²) in [5, 5.41) is 5.17. The third kappa shape index (κ3) is 1.97. The van der Waals surface area contributed by atoms with Gasteiger partial charge in [-0.15, -0.1) is 0 Å². The lowest BCUT2D eigenvalue weighted by atomic mass is 10.6. The fourth-order valence-electron chi connectivity index (χ4n) is 0.393. The second-order valence-electron chi connectivity index (χ2n) is 1.26. The first kappa shape index (κ1) is 5.15. The van der Waals surface area contributed by atoms with Crippen LogP contribution in [0.15, 0.2) is 11.5 Å². The van der Waals surface area contributed by atoms with Crippen LogP contribution in [0, 0.1) is 0 Å². The van der Waals surface area contributed by atoms with Crippen LogP contribution in [0.1, 0.15) is 0 Å². The van der Waals surface area contributed by atoms with Crippen LogP contribution < -0.4 is 10.0 Å². The molecule has 0 saturated carbocycles. The molecule has 0 aromatic carbocycles. The molecule has 0 aromatic rings. The first-order valence-electron chi connectivity index (χ1n) is 2.24. The maximum Gasteiger partial charge on any atom is 0.0557 e. The summed E-state index contributed by atoms with van der Waals surface area (Å²) in [5.41, 5.74) is 0. The molecule has 7 heavy (non-hydrogen) atoms. The summed E-state index contributed by atoms with van der Waals surface area (Å²) in [6.07, 6.45) is 2.09. The Morgan fingerprint density at radius 2 is 2.57 bits per heavy atom. The molecule has 1 heterocycles. The molecule has 1 aliphatic rings. The molecule has 0 atom stereocenters. The number of nitrogens with one attached hydrogen (secondary N) is 2. The van der Waals surface area contributed by atoms with Gasteiger partial charge in [0.1, 0.15) is 0 Å². The van der Waals surface area contributed by atoms with Crippen molar-refractivity contribution in [2.45, 2.75) is 0 Å². The Morgan fingerprint density at radius 3 is 3.57 bits per heavy atom. The normalized spacial score (nSPS) is 21.7. The number of hydrogen-bond donors (Lipinski definition) is 2. The van der Waals surface area contributed by atoms with E-state index in [9.17, 15) is 0 Å². The monoisotopic (exact) mass is 116 g/mol. The summed E-state index contributed by atoms with van der Waals surface area (Å²) >= 11 is 1.62. The molecule has 0 aliphatic carbocycles. The van der Waals surface area contributed by atoms with E-state index < -0.39 is 0 Å². The molecule has 2 nitrogen and oxygen atoms in total. The number of rotatable bonds is 0. The van der Waals surface area contributed by atoms with Crippen LogP contribution in [0.25, 0.3) is 0 Å². The lowest BCUT2D eigenvalue weighted by Crippen LogP contribution is -2.21. The van der Waals surface area contributed by atoms with Gasteiger partial charge >= 0.3 is 0 Å². The van der Waals surface area contributed by atoms with Gasteiger partial charge in [0.25, 0.3) is 0 Å². The van der Waals surface area contributed by atoms with Gasteiger partial charge in [0.05, 0.1) is 6.67 Å². The molecule has 0 fully saturated rings. The highest BCUT2D eigenvalue weighted by Crippen LogP contribution is 1.94. The Balaban J connectivity index is 2.20. The second kappa shape index (κ2) is 3.07. The lowest BCUT2D eigenvalue weighted by Gasteiger charge is -1.93. The minimum absolute atomic E-state index is 0.900. The fourth-order valence-corrected chi connectivity index (χ4v) is 0.867. The second-order valence-corrected chi connectivity index (χ2v) is 2.06. The third-order valence-corrected chi connectivity index (χ3v) is 1.35. The van der Waals surface area contributed by atoms with E-state index >= 15 is 0 Å². The van der Waals surface area contributed by atoms with Crippen LogP contribution >= 0.6 is 11.9 Å². The highest BCUT2D eigenvalue weighted by atomic mass is 32.2. The Kier molecular flexibility index (Phi) is 2.26. The van der Waals surface area contributed by atoms with E-state index in [1.807, 2.05) is 5.41 Å². The molecule has 0 unspecified atom stereocenters. The van der Waals surface area contributed by atoms with Crippen molar-refractivity contribution in [1.29, 1.82) is 0 Å². The molecule has 0 amide bonds. The molecule has 1 rings (SSSR count). The zero-order chi connectivity index (χ0) is 4.95. The highest BCUT2D eigenvalue weighted by Gasteiger charge is 1.84. The van der Waals surface area contributed by atoms with Crippen molar-refractivity contribution in [3.8, 4) is 0 Å². The van der Waals surface area contributed by atoms with Gasteiger partial charge in [-0.05, 0) is 5.41 Å². The molecule has 0 radical (unpaired) electrons. The van der Waals surface area contributed by atoms with Crippen LogP contribution in [0.3, 0.4) is 0 Å². The SMILES string of the molecule is C1=CSNCNC1. The van der Waals surface area contributed by atoms with Crippen molar-refractivity contribution in [3.05, 3.63) is 11.5 Å². The van der Waals surface area contributed by atoms with Gasteiger partial charge < -0.3 is 5.32 Å². The summed E-state index contributed by atoms with van der Waals surface area (Å²) < 4.78 is 3.07. The Morgan fingerprint density at radius 1 is 1.57 bits per heavy atom. The van der Waals surface area contributed by atoms with E-state index in [4.69, 9.17) is 0 Å². The van der Waals surface area contributed by atoms with E-state index in [0.717, 1.165) is 13.2 Å². The maximum absolute atomic E-state index is 3.13. The minimum Gasteiger partial charge on any atom is -0.300 e. The molecule has 1 aliphatic heterocycles. The van der Waals surface area contributed by atoms with Crippen molar-refractivity contribution >= 4 is 11.9 Å². The first-order valence-corrected chi connectivity index (χ1v) is 3.12. The Bertz CT molecular complexity index is 64.1. The predicted octanol–water partition coefficient (Wildman–Crippen LogP) is 0.299. The Hall–Kier alpha value is 0.01000. The van der Waals surface area contributed by atoms with Gasteiger partial charge in [-0.3, -0.25) is 0 Å². The third-order valence-electron chi connectivity index (χ3n) is 0.707. The molecule has 0 spiro atoms. The molecule has 3 heteroatoms. The topological polar surface area (TPSA) is 24.1 Å². The Labute approximate surface area is 47.5 Å². The molecule has 2 N–H and O–H groups in total. The van der Waals surface area contributed by atoms with Crippen molar-refractivity contribution in [2.24, 2.45) is 0 Å². The van der Waals surface area contributed by atoms with Crippen LogP contribution in [0.4, 0.5) is 0 Å². The lowest BCUT2D eigenvalue weighted by molar-refractivity contribution is 0.748. The smallest absolute Gasteiger partial charge is 0.0557 e. The van der Waals surface area contributed by atoms with Crippen molar-refractivity contribution in [3.63, 3.8) is 0 Å². The predicted molar refractivity (Wildman–Crippen MR) is 32.7 cm³/mol. The van der Waals surface area contributed by atoms with Crippen molar-refractivity contribution in [2.75, 3.05) is 13.2 Å². The highest BCUT2D eigenvalue weighted by molar-refractivity contribution is 8.00. The van der Waals surface area contributed by atoms with Crippen LogP contribution in [0.2, 0.25) is 0 Å². The van der Waals surface area contributed by atoms with Gasteiger partial charge in [-0.2, -0.15) is 0 Å². The molecular formula is C4H8N2S. The van der Waals surface area contributed by atoms with Gasteiger partial charge in [0, 0.05) is 6.54 Å². The molecule has 0 bridgehead atoms. The molecule has 40 valence electrons. The summed E-state index contributed by atoms with van der Waals surface area (Å²) in [5.74, 6) is 0. The van der Waals surface area contributed by atoms with Crippen LogP contribution in [-0.2, 0) is 0 Å². The molecule has 0 saturated heterocycles. The quantitative estimate of drug-likeness (QED) is 0.445. The van der Waals surface area contributed by atoms with E-state index in [1.54, 1.807) is 11.9 Å². The first-order chi connectivity index (χ1) is 3.50. The largest absolute Gasteiger partial charge is 0.300 e. The van der Waals surface area contributed by atoms with Crippen molar-refractivity contribution in [1.82, 2.24) is 10.0 Å². The van der Waals surface area contributed by atoms with Crippen molar-refractivity contribution < 1.29 is 0 Å². The van der Waals surface area contributed by atoms with Gasteiger partial charge in [0.15, 0.2) is 0 Å². The van der Waals surface area contributed by atoms with Crippen LogP contribution in [0.5, 0.6) is 0 Å². The fraction of sp³-hybridized carbons (Fsp3) is 0.500. The van der Waals surface area contributed by atoms with E-state index in [-0.39, 0.29) is 0 Å². The summed E-state index contributed by atoms with van der Waals surface area (Å²) in [6.45, 7) is 1.89. The number of hydrogen-bond acceptors (Lipinski definition) is 3. The summed E-state index contributed by atoms with van der Waals surface area (Å²) in [4.78, 5) is 0. The average Bonchev–Trinajstić information content (AvgIpc) is 1.90. The van der Waals surface area contributed by atoms with E-state index in [1.165, 1.54) is 0 Å². The van der Waals surface area contributed by atoms with Gasteiger partial charge in [0.2, 0.25) is 0 Å². The zero-order valence-corrected chi connectivity index (χ0v) is 4.79. The maximum atomic E-state index is 3.13. The van der Waals surface area contributed by atoms with Crippen LogP contribution in [-0.4, -0.2) is 13.2 Å². The minimum atomic E-state index is 0.900. The van der Waals surface area contributed by atoms with Gasteiger partial charge in [-0.25, -0.2) is 4.72 Å². The standard InChI is InChI=1S/C4H8N2S/c1-2-5-4-6-7-3-1/h1,3,5-6H,2,4H2. The summed E-state index contributed by atoms with van der Waals surface area (Å²) in [7, 11) is 0. The van der Waals surface area contributed by atoms with E-state index in [2.05, 4.69) is 16.1 Å².